The van der Waals surface area contributed by atoms with Gasteiger partial charge in [-0.25, -0.2) is 0 Å². The van der Waals surface area contributed by atoms with Gasteiger partial charge < -0.3 is 4.98 Å². The molecular weight excluding hydrogens is 271 g/mol. The highest BCUT2D eigenvalue weighted by atomic mass is 35.5. The Kier molecular flexibility index (Phi) is 3.60. The van der Waals surface area contributed by atoms with Crippen LogP contribution in [0.1, 0.15) is 17.7 Å². The number of fused-ring (bicyclic) bond motifs is 1. The lowest BCUT2D eigenvalue weighted by atomic mass is 10.0. The summed E-state index contributed by atoms with van der Waals surface area (Å²) >= 11 is 11.8. The monoisotopic (exact) mass is 280 g/mol. The molecule has 1 aromatic carbocycles. The van der Waals surface area contributed by atoms with E-state index in [1.54, 1.807) is 12.1 Å². The molecule has 2 rings (SSSR count). The number of rotatable bonds is 2. The molecule has 0 unspecified atom stereocenters. The quantitative estimate of drug-likeness (QED) is 0.914. The fraction of sp³-hybridized carbons (Fsp3) is 0.231. The lowest BCUT2D eigenvalue weighted by molar-refractivity contribution is 0.967. The minimum Gasteiger partial charge on any atom is -0.358 e. The predicted molar refractivity (Wildman–Crippen MR) is 73.3 cm³/mol. The van der Waals surface area contributed by atoms with Crippen LogP contribution in [0.3, 0.4) is 0 Å². The van der Waals surface area contributed by atoms with Crippen molar-refractivity contribution in [2.75, 3.05) is 0 Å². The highest BCUT2D eigenvalue weighted by molar-refractivity contribution is 6.42. The Hall–Kier alpha value is -1.50. The summed E-state index contributed by atoms with van der Waals surface area (Å²) in [6.45, 7) is 1.82. The third-order valence-corrected chi connectivity index (χ3v) is 3.56. The maximum absolute atomic E-state index is 12.3. The summed E-state index contributed by atoms with van der Waals surface area (Å²) < 4.78 is 0. The molecule has 0 spiro atoms. The Labute approximate surface area is 114 Å². The van der Waals surface area contributed by atoms with Crippen molar-refractivity contribution < 1.29 is 0 Å². The molecule has 3 nitrogen and oxygen atoms in total. The van der Waals surface area contributed by atoms with Gasteiger partial charge in [-0.15, -0.1) is 0 Å². The number of aromatic amines is 1. The average Bonchev–Trinajstić information content (AvgIpc) is 2.32. The molecule has 0 aliphatic heterocycles. The zero-order valence-corrected chi connectivity index (χ0v) is 11.2. The second-order valence-corrected chi connectivity index (χ2v) is 4.84. The fourth-order valence-electron chi connectivity index (χ4n) is 1.93. The van der Waals surface area contributed by atoms with Crippen LogP contribution in [-0.2, 0) is 6.42 Å². The molecule has 1 N–H and O–H groups in total. The van der Waals surface area contributed by atoms with Crippen molar-refractivity contribution in [1.82, 2.24) is 4.98 Å². The van der Waals surface area contributed by atoms with Gasteiger partial charge in [0.1, 0.15) is 0 Å². The number of aromatic nitrogens is 1. The number of benzene rings is 1. The van der Waals surface area contributed by atoms with E-state index >= 15 is 0 Å². The minimum absolute atomic E-state index is 0.0879. The second-order valence-electron chi connectivity index (χ2n) is 4.03. The van der Waals surface area contributed by atoms with Crippen LogP contribution in [0.2, 0.25) is 10.0 Å². The Morgan fingerprint density at radius 1 is 1.33 bits per heavy atom. The van der Waals surface area contributed by atoms with E-state index in [0.717, 1.165) is 5.69 Å². The van der Waals surface area contributed by atoms with Crippen LogP contribution in [0.4, 0.5) is 0 Å². The average molecular weight is 281 g/mol. The molecule has 0 radical (unpaired) electrons. The molecule has 0 fully saturated rings. The van der Waals surface area contributed by atoms with Gasteiger partial charge in [0.05, 0.1) is 21.6 Å². The molecule has 0 atom stereocenters. The number of aryl methyl sites for hydroxylation is 1. The molecule has 0 saturated carbocycles. The van der Waals surface area contributed by atoms with Gasteiger partial charge in [0.2, 0.25) is 0 Å². The summed E-state index contributed by atoms with van der Waals surface area (Å²) in [6.07, 6.45) is 0.755. The number of H-pyrrole nitrogens is 1. The van der Waals surface area contributed by atoms with Crippen LogP contribution < -0.4 is 5.43 Å². The maximum Gasteiger partial charge on any atom is 0.192 e. The van der Waals surface area contributed by atoms with Crippen molar-refractivity contribution in [2.45, 2.75) is 19.8 Å². The van der Waals surface area contributed by atoms with E-state index in [2.05, 4.69) is 4.98 Å². The molecule has 1 heterocycles. The normalized spacial score (nSPS) is 10.6. The van der Waals surface area contributed by atoms with E-state index in [-0.39, 0.29) is 5.43 Å². The summed E-state index contributed by atoms with van der Waals surface area (Å²) in [6, 6.07) is 5.24. The van der Waals surface area contributed by atoms with E-state index in [4.69, 9.17) is 28.5 Å². The lowest BCUT2D eigenvalue weighted by Gasteiger charge is -2.07. The number of hydrogen-bond donors (Lipinski definition) is 1. The van der Waals surface area contributed by atoms with Crippen molar-refractivity contribution in [3.63, 3.8) is 0 Å². The molecule has 0 amide bonds. The van der Waals surface area contributed by atoms with Gasteiger partial charge in [0, 0.05) is 23.1 Å². The molecule has 92 valence electrons. The van der Waals surface area contributed by atoms with E-state index in [1.165, 1.54) is 0 Å². The minimum atomic E-state index is -0.0879. The van der Waals surface area contributed by atoms with Gasteiger partial charge >= 0.3 is 0 Å². The van der Waals surface area contributed by atoms with Crippen molar-refractivity contribution in [1.29, 1.82) is 5.26 Å². The number of hydrogen-bond acceptors (Lipinski definition) is 2. The molecule has 0 bridgehead atoms. The fourth-order valence-corrected chi connectivity index (χ4v) is 2.26. The zero-order valence-electron chi connectivity index (χ0n) is 9.68. The first-order valence-electron chi connectivity index (χ1n) is 5.42. The molecule has 18 heavy (non-hydrogen) atoms. The number of pyridine rings is 1. The summed E-state index contributed by atoms with van der Waals surface area (Å²) in [5.74, 6) is 0. The van der Waals surface area contributed by atoms with E-state index in [1.807, 2.05) is 13.0 Å². The van der Waals surface area contributed by atoms with Gasteiger partial charge in [0.25, 0.3) is 0 Å². The van der Waals surface area contributed by atoms with E-state index in [9.17, 15) is 4.79 Å². The molecule has 0 saturated heterocycles. The molecular formula is C13H10Cl2N2O. The van der Waals surface area contributed by atoms with Crippen LogP contribution in [0.5, 0.6) is 0 Å². The van der Waals surface area contributed by atoms with Gasteiger partial charge in [0.15, 0.2) is 5.43 Å². The zero-order chi connectivity index (χ0) is 13.3. The first kappa shape index (κ1) is 12.9. The van der Waals surface area contributed by atoms with Crippen LogP contribution in [0.15, 0.2) is 16.9 Å². The summed E-state index contributed by atoms with van der Waals surface area (Å²) in [5.41, 5.74) is 1.96. The van der Waals surface area contributed by atoms with Gasteiger partial charge in [-0.3, -0.25) is 4.79 Å². The third kappa shape index (κ3) is 2.22. The number of halogens is 2. The molecule has 5 heteroatoms. The first-order chi connectivity index (χ1) is 8.54. The molecule has 0 aliphatic carbocycles. The smallest absolute Gasteiger partial charge is 0.192 e. The SMILES string of the molecule is Cc1[nH]c2cc(Cl)c(Cl)cc2c(=O)c1CCC#N. The topological polar surface area (TPSA) is 56.6 Å². The van der Waals surface area contributed by atoms with Crippen molar-refractivity contribution in [3.8, 4) is 6.07 Å². The standard InChI is InChI=1S/C13H10Cl2N2O/c1-7-8(3-2-4-16)13(18)9-5-10(14)11(15)6-12(9)17-7/h5-6H,2-3H2,1H3,(H,17,18). The Morgan fingerprint density at radius 3 is 2.67 bits per heavy atom. The highest BCUT2D eigenvalue weighted by Crippen LogP contribution is 2.26. The third-order valence-electron chi connectivity index (χ3n) is 2.84. The van der Waals surface area contributed by atoms with Gasteiger partial charge in [-0.1, -0.05) is 23.2 Å². The maximum atomic E-state index is 12.3. The molecule has 1 aromatic heterocycles. The molecule has 2 aromatic rings. The lowest BCUT2D eigenvalue weighted by Crippen LogP contribution is -2.13. The van der Waals surface area contributed by atoms with E-state index in [0.29, 0.717) is 39.4 Å². The highest BCUT2D eigenvalue weighted by Gasteiger charge is 2.11. The summed E-state index contributed by atoms with van der Waals surface area (Å²) in [5, 5.41) is 9.86. The van der Waals surface area contributed by atoms with Crippen molar-refractivity contribution in [2.24, 2.45) is 0 Å². The van der Waals surface area contributed by atoms with Crippen molar-refractivity contribution >= 4 is 34.1 Å². The number of nitrogens with one attached hydrogen (secondary N) is 1. The first-order valence-corrected chi connectivity index (χ1v) is 6.17. The largest absolute Gasteiger partial charge is 0.358 e. The summed E-state index contributed by atoms with van der Waals surface area (Å²) in [4.78, 5) is 15.4. The predicted octanol–water partition coefficient (Wildman–Crippen LogP) is 3.60. The number of nitriles is 1. The van der Waals surface area contributed by atoms with Crippen LogP contribution in [0.25, 0.3) is 10.9 Å². The van der Waals surface area contributed by atoms with Crippen LogP contribution in [0, 0.1) is 18.3 Å². The Morgan fingerprint density at radius 2 is 2.00 bits per heavy atom. The number of nitrogens with zero attached hydrogens (tertiary/aromatic N) is 1. The van der Waals surface area contributed by atoms with E-state index < -0.39 is 0 Å². The Bertz CT molecular complexity index is 713. The molecule has 0 aliphatic rings. The van der Waals surface area contributed by atoms with Gasteiger partial charge in [-0.05, 0) is 25.5 Å². The second kappa shape index (κ2) is 5.01. The van der Waals surface area contributed by atoms with Crippen molar-refractivity contribution in [3.05, 3.63) is 43.7 Å². The Balaban J connectivity index is 2.73. The van der Waals surface area contributed by atoms with Crippen LogP contribution >= 0.6 is 23.2 Å². The summed E-state index contributed by atoms with van der Waals surface area (Å²) in [7, 11) is 0. The van der Waals surface area contributed by atoms with Crippen LogP contribution in [-0.4, -0.2) is 4.98 Å². The van der Waals surface area contributed by atoms with Gasteiger partial charge in [-0.2, -0.15) is 5.26 Å².